The molecule has 0 aromatic carbocycles. The third-order valence-corrected chi connectivity index (χ3v) is 1.99. The Bertz CT molecular complexity index is 127. The Morgan fingerprint density at radius 3 is 2.78 bits per heavy atom. The highest BCUT2D eigenvalue weighted by Crippen LogP contribution is 2.22. The summed E-state index contributed by atoms with van der Waals surface area (Å²) < 4.78 is 0. The van der Waals surface area contributed by atoms with Crippen LogP contribution in [0.4, 0.5) is 0 Å². The van der Waals surface area contributed by atoms with Crippen LogP contribution >= 0.6 is 0 Å². The van der Waals surface area contributed by atoms with Crippen LogP contribution in [0.5, 0.6) is 0 Å². The topological polar surface area (TPSA) is 20.2 Å². The summed E-state index contributed by atoms with van der Waals surface area (Å²) in [7, 11) is 0. The van der Waals surface area contributed by atoms with E-state index < -0.39 is 0 Å². The Morgan fingerprint density at radius 2 is 2.33 bits per heavy atom. The largest absolute Gasteiger partial charge is 0.389 e. The molecule has 2 atom stereocenters. The quantitative estimate of drug-likeness (QED) is 0.490. The van der Waals surface area contributed by atoms with E-state index in [0.29, 0.717) is 5.92 Å². The number of hydrogen-bond donors (Lipinski definition) is 1. The lowest BCUT2D eigenvalue weighted by Gasteiger charge is -2.21. The van der Waals surface area contributed by atoms with Gasteiger partial charge in [0.1, 0.15) is 0 Å². The molecule has 0 aromatic rings. The lowest BCUT2D eigenvalue weighted by molar-refractivity contribution is 0.171. The summed E-state index contributed by atoms with van der Waals surface area (Å²) in [4.78, 5) is 0. The molecule has 0 radical (unpaired) electrons. The lowest BCUT2D eigenvalue weighted by Crippen LogP contribution is -2.16. The number of hydrogen-bond acceptors (Lipinski definition) is 1. The zero-order chi connectivity index (χ0) is 6.85. The van der Waals surface area contributed by atoms with Crippen LogP contribution in [0.2, 0.25) is 0 Å². The van der Waals surface area contributed by atoms with Crippen molar-refractivity contribution < 1.29 is 5.11 Å². The molecule has 0 saturated heterocycles. The maximum absolute atomic E-state index is 9.28. The molecule has 0 spiro atoms. The van der Waals surface area contributed by atoms with Crippen molar-refractivity contribution in [2.75, 3.05) is 0 Å². The zero-order valence-electron chi connectivity index (χ0n) is 6.09. The van der Waals surface area contributed by atoms with Gasteiger partial charge in [-0.1, -0.05) is 13.0 Å². The van der Waals surface area contributed by atoms with Crippen molar-refractivity contribution in [2.24, 2.45) is 5.92 Å². The fourth-order valence-electron chi connectivity index (χ4n) is 1.19. The third kappa shape index (κ3) is 1.55. The SMILES string of the molecule is CC1=CCC(C)CC1O. The maximum Gasteiger partial charge on any atom is 0.0750 e. The summed E-state index contributed by atoms with van der Waals surface area (Å²) in [5.41, 5.74) is 1.15. The van der Waals surface area contributed by atoms with Gasteiger partial charge in [-0.2, -0.15) is 0 Å². The van der Waals surface area contributed by atoms with Gasteiger partial charge >= 0.3 is 0 Å². The van der Waals surface area contributed by atoms with Crippen LogP contribution in [0.15, 0.2) is 11.6 Å². The summed E-state index contributed by atoms with van der Waals surface area (Å²) in [6.07, 6.45) is 4.07. The fraction of sp³-hybridized carbons (Fsp3) is 0.750. The van der Waals surface area contributed by atoms with E-state index in [1.54, 1.807) is 0 Å². The Hall–Kier alpha value is -0.300. The van der Waals surface area contributed by atoms with Crippen molar-refractivity contribution in [2.45, 2.75) is 32.8 Å². The molecule has 2 unspecified atom stereocenters. The van der Waals surface area contributed by atoms with Gasteiger partial charge in [-0.3, -0.25) is 0 Å². The summed E-state index contributed by atoms with van der Waals surface area (Å²) >= 11 is 0. The van der Waals surface area contributed by atoms with Gasteiger partial charge < -0.3 is 5.11 Å². The molecule has 1 nitrogen and oxygen atoms in total. The molecule has 1 aliphatic carbocycles. The van der Waals surface area contributed by atoms with E-state index in [2.05, 4.69) is 13.0 Å². The van der Waals surface area contributed by atoms with Crippen molar-refractivity contribution in [3.63, 3.8) is 0 Å². The molecule has 0 amide bonds. The fourth-order valence-corrected chi connectivity index (χ4v) is 1.19. The molecule has 1 rings (SSSR count). The smallest absolute Gasteiger partial charge is 0.0750 e. The first-order chi connectivity index (χ1) is 4.20. The van der Waals surface area contributed by atoms with E-state index in [1.165, 1.54) is 0 Å². The van der Waals surface area contributed by atoms with Crippen LogP contribution in [0, 0.1) is 5.92 Å². The molecular formula is C8H14O. The average Bonchev–Trinajstić information content (AvgIpc) is 1.80. The van der Waals surface area contributed by atoms with E-state index in [0.717, 1.165) is 18.4 Å². The van der Waals surface area contributed by atoms with Crippen LogP contribution in [-0.2, 0) is 0 Å². The molecule has 1 N–H and O–H groups in total. The van der Waals surface area contributed by atoms with Gasteiger partial charge in [0.05, 0.1) is 6.10 Å². The number of rotatable bonds is 0. The highest BCUT2D eigenvalue weighted by Gasteiger charge is 2.15. The maximum atomic E-state index is 9.28. The Labute approximate surface area is 56.4 Å². The molecule has 52 valence electrons. The molecule has 0 aromatic heterocycles. The van der Waals surface area contributed by atoms with Crippen molar-refractivity contribution >= 4 is 0 Å². The van der Waals surface area contributed by atoms with E-state index in [-0.39, 0.29) is 6.10 Å². The Balaban J connectivity index is 2.56. The minimum Gasteiger partial charge on any atom is -0.389 e. The number of aliphatic hydroxyl groups is 1. The Morgan fingerprint density at radius 1 is 1.67 bits per heavy atom. The van der Waals surface area contributed by atoms with Gasteiger partial charge in [0, 0.05) is 0 Å². The zero-order valence-corrected chi connectivity index (χ0v) is 6.09. The predicted molar refractivity (Wildman–Crippen MR) is 38.2 cm³/mol. The number of aliphatic hydroxyl groups excluding tert-OH is 1. The third-order valence-electron chi connectivity index (χ3n) is 1.99. The van der Waals surface area contributed by atoms with Gasteiger partial charge in [0.2, 0.25) is 0 Å². The van der Waals surface area contributed by atoms with E-state index in [9.17, 15) is 5.11 Å². The van der Waals surface area contributed by atoms with Crippen molar-refractivity contribution in [3.05, 3.63) is 11.6 Å². The molecule has 0 heterocycles. The second-order valence-corrected chi connectivity index (χ2v) is 3.04. The summed E-state index contributed by atoms with van der Waals surface area (Å²) in [6, 6.07) is 0. The first-order valence-electron chi connectivity index (χ1n) is 3.55. The van der Waals surface area contributed by atoms with Crippen LogP contribution in [0.3, 0.4) is 0 Å². The Kier molecular flexibility index (Phi) is 1.91. The van der Waals surface area contributed by atoms with Gasteiger partial charge in [0.25, 0.3) is 0 Å². The van der Waals surface area contributed by atoms with Crippen LogP contribution in [0.25, 0.3) is 0 Å². The van der Waals surface area contributed by atoms with Gasteiger partial charge in [-0.25, -0.2) is 0 Å². The molecule has 0 fully saturated rings. The molecule has 1 heteroatoms. The standard InChI is InChI=1S/C8H14O/c1-6-3-4-7(2)8(9)5-6/h4,6,8-9H,3,5H2,1-2H3. The number of allylic oxidation sites excluding steroid dienone is 1. The van der Waals surface area contributed by atoms with Crippen LogP contribution in [0.1, 0.15) is 26.7 Å². The van der Waals surface area contributed by atoms with Crippen LogP contribution in [-0.4, -0.2) is 11.2 Å². The molecule has 0 bridgehead atoms. The second-order valence-electron chi connectivity index (χ2n) is 3.04. The monoisotopic (exact) mass is 126 g/mol. The predicted octanol–water partition coefficient (Wildman–Crippen LogP) is 1.72. The lowest BCUT2D eigenvalue weighted by atomic mass is 9.90. The van der Waals surface area contributed by atoms with Gasteiger partial charge in [-0.15, -0.1) is 0 Å². The normalized spacial score (nSPS) is 36.1. The van der Waals surface area contributed by atoms with E-state index >= 15 is 0 Å². The molecule has 0 saturated carbocycles. The first-order valence-corrected chi connectivity index (χ1v) is 3.55. The highest BCUT2D eigenvalue weighted by molar-refractivity contribution is 5.08. The van der Waals surface area contributed by atoms with Crippen LogP contribution < -0.4 is 0 Å². The summed E-state index contributed by atoms with van der Waals surface area (Å²) in [6.45, 7) is 4.17. The summed E-state index contributed by atoms with van der Waals surface area (Å²) in [5, 5.41) is 9.28. The van der Waals surface area contributed by atoms with E-state index in [1.807, 2.05) is 6.92 Å². The molecule has 0 aliphatic heterocycles. The van der Waals surface area contributed by atoms with Crippen molar-refractivity contribution in [3.8, 4) is 0 Å². The van der Waals surface area contributed by atoms with Crippen molar-refractivity contribution in [1.82, 2.24) is 0 Å². The van der Waals surface area contributed by atoms with Crippen molar-refractivity contribution in [1.29, 1.82) is 0 Å². The van der Waals surface area contributed by atoms with Gasteiger partial charge in [-0.05, 0) is 31.3 Å². The molecule has 9 heavy (non-hydrogen) atoms. The first kappa shape index (κ1) is 6.81. The molecular weight excluding hydrogens is 112 g/mol. The molecule has 1 aliphatic rings. The second kappa shape index (κ2) is 2.53. The average molecular weight is 126 g/mol. The minimum atomic E-state index is -0.159. The van der Waals surface area contributed by atoms with E-state index in [4.69, 9.17) is 0 Å². The van der Waals surface area contributed by atoms with Gasteiger partial charge in [0.15, 0.2) is 0 Å². The highest BCUT2D eigenvalue weighted by atomic mass is 16.3. The summed E-state index contributed by atoms with van der Waals surface area (Å²) in [5.74, 6) is 0.670. The minimum absolute atomic E-state index is 0.159.